The lowest BCUT2D eigenvalue weighted by Crippen LogP contribution is -2.30. The molecule has 1 aliphatic heterocycles. The molecule has 24 heavy (non-hydrogen) atoms. The lowest BCUT2D eigenvalue weighted by Gasteiger charge is -2.20. The maximum atomic E-state index is 12.4. The van der Waals surface area contributed by atoms with Gasteiger partial charge in [0.15, 0.2) is 17.6 Å². The van der Waals surface area contributed by atoms with Gasteiger partial charge in [0, 0.05) is 11.8 Å². The molecule has 1 heterocycles. The van der Waals surface area contributed by atoms with E-state index < -0.39 is 6.10 Å². The number of fused-ring (bicyclic) bond motifs is 1. The minimum Gasteiger partial charge on any atom is -0.486 e. The van der Waals surface area contributed by atoms with Crippen molar-refractivity contribution in [3.05, 3.63) is 47.5 Å². The smallest absolute Gasteiger partial charge is 0.265 e. The van der Waals surface area contributed by atoms with Crippen molar-refractivity contribution in [1.29, 1.82) is 0 Å². The van der Waals surface area contributed by atoms with Crippen LogP contribution in [0.2, 0.25) is 0 Å². The van der Waals surface area contributed by atoms with Crippen LogP contribution in [0.1, 0.15) is 18.1 Å². The lowest BCUT2D eigenvalue weighted by atomic mass is 10.1. The van der Waals surface area contributed by atoms with Gasteiger partial charge in [0.25, 0.3) is 5.91 Å². The quantitative estimate of drug-likeness (QED) is 0.934. The molecule has 1 amide bonds. The van der Waals surface area contributed by atoms with Crippen molar-refractivity contribution < 1.29 is 19.0 Å². The predicted octanol–water partition coefficient (Wildman–Crippen LogP) is 3.48. The van der Waals surface area contributed by atoms with Crippen molar-refractivity contribution in [1.82, 2.24) is 0 Å². The fourth-order valence-corrected chi connectivity index (χ4v) is 2.54. The van der Waals surface area contributed by atoms with E-state index in [-0.39, 0.29) is 5.91 Å². The Bertz CT molecular complexity index is 757. The summed E-state index contributed by atoms with van der Waals surface area (Å²) in [6.07, 6.45) is -0.611. The van der Waals surface area contributed by atoms with Crippen LogP contribution in [-0.2, 0) is 4.79 Å². The Balaban J connectivity index is 1.65. The topological polar surface area (TPSA) is 56.8 Å². The van der Waals surface area contributed by atoms with Crippen LogP contribution in [0.3, 0.4) is 0 Å². The Kier molecular flexibility index (Phi) is 4.60. The van der Waals surface area contributed by atoms with Crippen LogP contribution in [-0.4, -0.2) is 25.2 Å². The highest BCUT2D eigenvalue weighted by molar-refractivity contribution is 5.94. The Hall–Kier alpha value is -2.69. The monoisotopic (exact) mass is 327 g/mol. The normalized spacial score (nSPS) is 14.0. The molecule has 2 aromatic rings. The first-order valence-corrected chi connectivity index (χ1v) is 7.97. The SMILES string of the molecule is Cc1ccc(O[C@@H](C)C(=O)Nc2ccc3c(c2)OCCO3)c(C)c1. The number of anilines is 1. The number of carbonyl (C=O) groups excluding carboxylic acids is 1. The van der Waals surface area contributed by atoms with Gasteiger partial charge in [-0.15, -0.1) is 0 Å². The maximum Gasteiger partial charge on any atom is 0.265 e. The minimum absolute atomic E-state index is 0.216. The molecule has 0 radical (unpaired) electrons. The van der Waals surface area contributed by atoms with Gasteiger partial charge in [-0.25, -0.2) is 0 Å². The van der Waals surface area contributed by atoms with E-state index in [0.717, 1.165) is 11.1 Å². The largest absolute Gasteiger partial charge is 0.486 e. The standard InChI is InChI=1S/C19H21NO4/c1-12-4-6-16(13(2)10-12)24-14(3)19(21)20-15-5-7-17-18(11-15)23-9-8-22-17/h4-7,10-11,14H,8-9H2,1-3H3,(H,20,21)/t14-/m0/s1. The van der Waals surface area contributed by atoms with Crippen molar-refractivity contribution in [2.75, 3.05) is 18.5 Å². The van der Waals surface area contributed by atoms with Crippen LogP contribution in [0.25, 0.3) is 0 Å². The summed E-state index contributed by atoms with van der Waals surface area (Å²) in [4.78, 5) is 12.4. The summed E-state index contributed by atoms with van der Waals surface area (Å²) in [5.74, 6) is 1.83. The number of hydrogen-bond acceptors (Lipinski definition) is 4. The molecule has 5 heteroatoms. The first-order chi connectivity index (χ1) is 11.5. The number of rotatable bonds is 4. The van der Waals surface area contributed by atoms with Crippen LogP contribution >= 0.6 is 0 Å². The van der Waals surface area contributed by atoms with Gasteiger partial charge in [0.2, 0.25) is 0 Å². The minimum atomic E-state index is -0.611. The van der Waals surface area contributed by atoms with Gasteiger partial charge in [-0.2, -0.15) is 0 Å². The molecule has 0 aliphatic carbocycles. The fraction of sp³-hybridized carbons (Fsp3) is 0.316. The summed E-state index contributed by atoms with van der Waals surface area (Å²) in [5, 5.41) is 2.84. The van der Waals surface area contributed by atoms with Crippen molar-refractivity contribution >= 4 is 11.6 Å². The molecular formula is C19H21NO4. The van der Waals surface area contributed by atoms with Gasteiger partial charge in [-0.05, 0) is 44.5 Å². The van der Waals surface area contributed by atoms with Crippen molar-refractivity contribution in [3.8, 4) is 17.2 Å². The summed E-state index contributed by atoms with van der Waals surface area (Å²) in [6.45, 7) is 6.77. The highest BCUT2D eigenvalue weighted by atomic mass is 16.6. The van der Waals surface area contributed by atoms with Gasteiger partial charge >= 0.3 is 0 Å². The second-order valence-corrected chi connectivity index (χ2v) is 5.88. The fourth-order valence-electron chi connectivity index (χ4n) is 2.54. The van der Waals surface area contributed by atoms with Gasteiger partial charge < -0.3 is 19.5 Å². The van der Waals surface area contributed by atoms with Crippen LogP contribution in [0.5, 0.6) is 17.2 Å². The molecule has 0 spiro atoms. The van der Waals surface area contributed by atoms with Gasteiger partial charge in [0.1, 0.15) is 19.0 Å². The molecule has 5 nitrogen and oxygen atoms in total. The van der Waals surface area contributed by atoms with E-state index in [1.165, 1.54) is 0 Å². The van der Waals surface area contributed by atoms with E-state index in [9.17, 15) is 4.79 Å². The molecule has 0 fully saturated rings. The summed E-state index contributed by atoms with van der Waals surface area (Å²) < 4.78 is 16.8. The first-order valence-electron chi connectivity index (χ1n) is 7.97. The summed E-state index contributed by atoms with van der Waals surface area (Å²) in [6, 6.07) is 11.2. The summed E-state index contributed by atoms with van der Waals surface area (Å²) >= 11 is 0. The maximum absolute atomic E-state index is 12.4. The molecule has 0 saturated heterocycles. The Morgan fingerprint density at radius 1 is 1.08 bits per heavy atom. The zero-order valence-corrected chi connectivity index (χ0v) is 14.1. The molecule has 0 bridgehead atoms. The highest BCUT2D eigenvalue weighted by Crippen LogP contribution is 2.32. The van der Waals surface area contributed by atoms with Crippen molar-refractivity contribution in [2.24, 2.45) is 0 Å². The van der Waals surface area contributed by atoms with Gasteiger partial charge in [0.05, 0.1) is 0 Å². The zero-order valence-electron chi connectivity index (χ0n) is 14.1. The van der Waals surface area contributed by atoms with Gasteiger partial charge in [-0.3, -0.25) is 4.79 Å². The molecule has 3 rings (SSSR count). The third-order valence-electron chi connectivity index (χ3n) is 3.81. The molecular weight excluding hydrogens is 306 g/mol. The summed E-state index contributed by atoms with van der Waals surface area (Å²) in [5.41, 5.74) is 2.82. The van der Waals surface area contributed by atoms with E-state index in [2.05, 4.69) is 5.32 Å². The molecule has 2 aromatic carbocycles. The van der Waals surface area contributed by atoms with E-state index in [1.807, 2.05) is 32.0 Å². The van der Waals surface area contributed by atoms with Crippen LogP contribution in [0, 0.1) is 13.8 Å². The van der Waals surface area contributed by atoms with Crippen LogP contribution < -0.4 is 19.5 Å². The predicted molar refractivity (Wildman–Crippen MR) is 92.1 cm³/mol. The first kappa shape index (κ1) is 16.2. The number of hydrogen-bond donors (Lipinski definition) is 1. The Labute approximate surface area is 141 Å². The highest BCUT2D eigenvalue weighted by Gasteiger charge is 2.18. The molecule has 126 valence electrons. The van der Waals surface area contributed by atoms with E-state index >= 15 is 0 Å². The molecule has 1 N–H and O–H groups in total. The number of amides is 1. The molecule has 1 aliphatic rings. The molecule has 0 unspecified atom stereocenters. The van der Waals surface area contributed by atoms with Crippen molar-refractivity contribution in [2.45, 2.75) is 26.9 Å². The zero-order chi connectivity index (χ0) is 17.1. The van der Waals surface area contributed by atoms with E-state index in [4.69, 9.17) is 14.2 Å². The van der Waals surface area contributed by atoms with Crippen LogP contribution in [0.4, 0.5) is 5.69 Å². The second kappa shape index (κ2) is 6.83. The third-order valence-corrected chi connectivity index (χ3v) is 3.81. The summed E-state index contributed by atoms with van der Waals surface area (Å²) in [7, 11) is 0. The Morgan fingerprint density at radius 2 is 1.83 bits per heavy atom. The molecule has 0 saturated carbocycles. The van der Waals surface area contributed by atoms with Crippen molar-refractivity contribution in [3.63, 3.8) is 0 Å². The van der Waals surface area contributed by atoms with Gasteiger partial charge in [-0.1, -0.05) is 17.7 Å². The van der Waals surface area contributed by atoms with E-state index in [0.29, 0.717) is 36.1 Å². The number of benzene rings is 2. The number of nitrogens with one attached hydrogen (secondary N) is 1. The lowest BCUT2D eigenvalue weighted by molar-refractivity contribution is -0.122. The average Bonchev–Trinajstić information content (AvgIpc) is 2.57. The Morgan fingerprint density at radius 3 is 2.58 bits per heavy atom. The van der Waals surface area contributed by atoms with Crippen LogP contribution in [0.15, 0.2) is 36.4 Å². The third kappa shape index (κ3) is 3.62. The number of carbonyl (C=O) groups is 1. The average molecular weight is 327 g/mol. The number of ether oxygens (including phenoxy) is 3. The second-order valence-electron chi connectivity index (χ2n) is 5.88. The molecule has 0 aromatic heterocycles. The van der Waals surface area contributed by atoms with E-state index in [1.54, 1.807) is 25.1 Å². The molecule has 1 atom stereocenters. The number of aryl methyl sites for hydroxylation is 2.